The number of rotatable bonds is 6. The SMILES string of the molecule is COCCNCc1coc(-c2ccc(Br)c(Cl)c2)n1. The molecule has 0 amide bonds. The minimum atomic E-state index is 0.568. The summed E-state index contributed by atoms with van der Waals surface area (Å²) < 4.78 is 11.3. The summed E-state index contributed by atoms with van der Waals surface area (Å²) in [6, 6.07) is 5.60. The summed E-state index contributed by atoms with van der Waals surface area (Å²) in [6.45, 7) is 2.10. The fourth-order valence-electron chi connectivity index (χ4n) is 1.54. The Morgan fingerprint density at radius 2 is 2.32 bits per heavy atom. The zero-order valence-corrected chi connectivity index (χ0v) is 12.8. The largest absolute Gasteiger partial charge is 0.444 e. The van der Waals surface area contributed by atoms with Gasteiger partial charge in [0, 0.05) is 30.2 Å². The van der Waals surface area contributed by atoms with E-state index >= 15 is 0 Å². The van der Waals surface area contributed by atoms with E-state index < -0.39 is 0 Å². The first-order valence-corrected chi connectivity index (χ1v) is 6.97. The molecule has 0 aliphatic heterocycles. The van der Waals surface area contributed by atoms with Crippen molar-refractivity contribution in [2.24, 2.45) is 0 Å². The van der Waals surface area contributed by atoms with E-state index in [9.17, 15) is 0 Å². The Hall–Kier alpha value is -0.880. The number of nitrogens with zero attached hydrogens (tertiary/aromatic N) is 1. The van der Waals surface area contributed by atoms with E-state index in [1.807, 2.05) is 18.2 Å². The topological polar surface area (TPSA) is 47.3 Å². The van der Waals surface area contributed by atoms with Gasteiger partial charge in [-0.15, -0.1) is 0 Å². The summed E-state index contributed by atoms with van der Waals surface area (Å²) in [5, 5.41) is 3.84. The van der Waals surface area contributed by atoms with Crippen LogP contribution in [0.25, 0.3) is 11.5 Å². The van der Waals surface area contributed by atoms with Crippen molar-refractivity contribution in [1.82, 2.24) is 10.3 Å². The van der Waals surface area contributed by atoms with Crippen molar-refractivity contribution in [3.63, 3.8) is 0 Å². The second kappa shape index (κ2) is 7.05. The van der Waals surface area contributed by atoms with Crippen LogP contribution in [0.5, 0.6) is 0 Å². The van der Waals surface area contributed by atoms with Crippen LogP contribution in [0, 0.1) is 0 Å². The highest BCUT2D eigenvalue weighted by Crippen LogP contribution is 2.28. The molecule has 2 rings (SSSR count). The lowest BCUT2D eigenvalue weighted by atomic mass is 10.2. The summed E-state index contributed by atoms with van der Waals surface area (Å²) in [5.74, 6) is 0.568. The van der Waals surface area contributed by atoms with Gasteiger partial charge in [0.25, 0.3) is 0 Å². The van der Waals surface area contributed by atoms with Gasteiger partial charge in [-0.2, -0.15) is 0 Å². The van der Waals surface area contributed by atoms with Crippen LogP contribution in [0.2, 0.25) is 5.02 Å². The molecule has 19 heavy (non-hydrogen) atoms. The number of hydrogen-bond donors (Lipinski definition) is 1. The summed E-state index contributed by atoms with van der Waals surface area (Å²) >= 11 is 9.40. The number of aromatic nitrogens is 1. The number of benzene rings is 1. The zero-order valence-electron chi connectivity index (χ0n) is 10.5. The quantitative estimate of drug-likeness (QED) is 0.814. The maximum absolute atomic E-state index is 6.05. The number of halogens is 2. The average molecular weight is 346 g/mol. The molecule has 1 aromatic carbocycles. The Morgan fingerprint density at radius 1 is 1.47 bits per heavy atom. The minimum Gasteiger partial charge on any atom is -0.444 e. The molecule has 0 aliphatic carbocycles. The number of nitrogens with one attached hydrogen (secondary N) is 1. The van der Waals surface area contributed by atoms with Gasteiger partial charge >= 0.3 is 0 Å². The number of methoxy groups -OCH3 is 1. The first kappa shape index (κ1) is 14.5. The van der Waals surface area contributed by atoms with Crippen LogP contribution < -0.4 is 5.32 Å². The molecule has 1 N–H and O–H groups in total. The fraction of sp³-hybridized carbons (Fsp3) is 0.308. The molecule has 0 saturated heterocycles. The number of hydrogen-bond acceptors (Lipinski definition) is 4. The number of oxazole rings is 1. The highest BCUT2D eigenvalue weighted by atomic mass is 79.9. The second-order valence-electron chi connectivity index (χ2n) is 3.94. The number of ether oxygens (including phenoxy) is 1. The van der Waals surface area contributed by atoms with Crippen molar-refractivity contribution in [3.05, 3.63) is 39.7 Å². The molecule has 0 unspecified atom stereocenters. The molecule has 0 radical (unpaired) electrons. The van der Waals surface area contributed by atoms with Gasteiger partial charge < -0.3 is 14.5 Å². The van der Waals surface area contributed by atoms with Crippen LogP contribution >= 0.6 is 27.5 Å². The van der Waals surface area contributed by atoms with E-state index in [1.54, 1.807) is 13.4 Å². The molecule has 0 spiro atoms. The van der Waals surface area contributed by atoms with Gasteiger partial charge in [-0.3, -0.25) is 0 Å². The molecule has 0 saturated carbocycles. The maximum Gasteiger partial charge on any atom is 0.226 e. The van der Waals surface area contributed by atoms with Crippen molar-refractivity contribution in [2.45, 2.75) is 6.54 Å². The average Bonchev–Trinajstić information content (AvgIpc) is 2.87. The molecule has 0 bridgehead atoms. The molecular weight excluding hydrogens is 332 g/mol. The van der Waals surface area contributed by atoms with E-state index in [1.165, 1.54) is 0 Å². The van der Waals surface area contributed by atoms with Crippen LogP contribution in [0.3, 0.4) is 0 Å². The van der Waals surface area contributed by atoms with Gasteiger partial charge in [0.05, 0.1) is 17.3 Å². The normalized spacial score (nSPS) is 10.9. The minimum absolute atomic E-state index is 0.568. The summed E-state index contributed by atoms with van der Waals surface area (Å²) in [7, 11) is 1.67. The van der Waals surface area contributed by atoms with E-state index in [-0.39, 0.29) is 0 Å². The molecule has 6 heteroatoms. The zero-order chi connectivity index (χ0) is 13.7. The van der Waals surface area contributed by atoms with E-state index in [4.69, 9.17) is 20.8 Å². The molecule has 0 atom stereocenters. The molecule has 4 nitrogen and oxygen atoms in total. The van der Waals surface area contributed by atoms with Gasteiger partial charge in [-0.05, 0) is 34.1 Å². The van der Waals surface area contributed by atoms with Crippen molar-refractivity contribution in [2.75, 3.05) is 20.3 Å². The van der Waals surface area contributed by atoms with Gasteiger partial charge in [-0.1, -0.05) is 11.6 Å². The van der Waals surface area contributed by atoms with E-state index in [0.717, 1.165) is 22.3 Å². The predicted octanol–water partition coefficient (Wildman–Crippen LogP) is 3.49. The predicted molar refractivity (Wildman–Crippen MR) is 78.2 cm³/mol. The van der Waals surface area contributed by atoms with Gasteiger partial charge in [0.1, 0.15) is 6.26 Å². The Kier molecular flexibility index (Phi) is 5.39. The van der Waals surface area contributed by atoms with E-state index in [2.05, 4.69) is 26.2 Å². The third-order valence-electron chi connectivity index (χ3n) is 2.51. The first-order valence-electron chi connectivity index (χ1n) is 5.80. The lowest BCUT2D eigenvalue weighted by Gasteiger charge is -2.00. The molecule has 1 heterocycles. The molecule has 102 valence electrons. The van der Waals surface area contributed by atoms with E-state index in [0.29, 0.717) is 24.1 Å². The standard InChI is InChI=1S/C13H14BrClN2O2/c1-18-5-4-16-7-10-8-19-13(17-10)9-2-3-11(14)12(15)6-9/h2-3,6,8,16H,4-5,7H2,1H3. The summed E-state index contributed by atoms with van der Waals surface area (Å²) in [4.78, 5) is 4.40. The molecule has 0 fully saturated rings. The molecule has 2 aromatic rings. The summed E-state index contributed by atoms with van der Waals surface area (Å²) in [6.07, 6.45) is 1.64. The molecule has 1 aromatic heterocycles. The van der Waals surface area contributed by atoms with Crippen LogP contribution in [0.4, 0.5) is 0 Å². The van der Waals surface area contributed by atoms with Crippen molar-refractivity contribution in [1.29, 1.82) is 0 Å². The van der Waals surface area contributed by atoms with Crippen LogP contribution in [-0.2, 0) is 11.3 Å². The Bertz CT molecular complexity index is 545. The third kappa shape index (κ3) is 4.04. The third-order valence-corrected chi connectivity index (χ3v) is 3.74. The monoisotopic (exact) mass is 344 g/mol. The Labute approximate surface area is 125 Å². The lowest BCUT2D eigenvalue weighted by molar-refractivity contribution is 0.199. The van der Waals surface area contributed by atoms with Gasteiger partial charge in [-0.25, -0.2) is 4.98 Å². The lowest BCUT2D eigenvalue weighted by Crippen LogP contribution is -2.18. The van der Waals surface area contributed by atoms with Crippen LogP contribution in [0.15, 0.2) is 33.4 Å². The van der Waals surface area contributed by atoms with Gasteiger partial charge in [0.2, 0.25) is 5.89 Å². The Balaban J connectivity index is 2.01. The first-order chi connectivity index (χ1) is 9.20. The van der Waals surface area contributed by atoms with Crippen molar-refractivity contribution >= 4 is 27.5 Å². The van der Waals surface area contributed by atoms with Gasteiger partial charge in [0.15, 0.2) is 0 Å². The Morgan fingerprint density at radius 3 is 3.05 bits per heavy atom. The highest BCUT2D eigenvalue weighted by molar-refractivity contribution is 9.10. The van der Waals surface area contributed by atoms with Crippen molar-refractivity contribution in [3.8, 4) is 11.5 Å². The molecule has 0 aliphatic rings. The highest BCUT2D eigenvalue weighted by Gasteiger charge is 2.08. The van der Waals surface area contributed by atoms with Crippen molar-refractivity contribution < 1.29 is 9.15 Å². The fourth-order valence-corrected chi connectivity index (χ4v) is 1.97. The second-order valence-corrected chi connectivity index (χ2v) is 5.20. The maximum atomic E-state index is 6.05. The molecular formula is C13H14BrClN2O2. The van der Waals surface area contributed by atoms with Crippen LogP contribution in [0.1, 0.15) is 5.69 Å². The summed E-state index contributed by atoms with van der Waals surface area (Å²) in [5.41, 5.74) is 1.71. The smallest absolute Gasteiger partial charge is 0.226 e. The van der Waals surface area contributed by atoms with Crippen LogP contribution in [-0.4, -0.2) is 25.2 Å².